The molecule has 1 heterocycles. The second-order valence-electron chi connectivity index (χ2n) is 5.97. The van der Waals surface area contributed by atoms with Crippen LogP contribution < -0.4 is 5.32 Å². The van der Waals surface area contributed by atoms with Gasteiger partial charge in [0.05, 0.1) is 6.10 Å². The van der Waals surface area contributed by atoms with Gasteiger partial charge in [0, 0.05) is 44.9 Å². The smallest absolute Gasteiger partial charge is 0.393 e. The van der Waals surface area contributed by atoms with E-state index in [4.69, 9.17) is 0 Å². The summed E-state index contributed by atoms with van der Waals surface area (Å²) in [6.45, 7) is 0.130. The van der Waals surface area contributed by atoms with Crippen LogP contribution in [0.1, 0.15) is 30.5 Å². The van der Waals surface area contributed by atoms with Crippen molar-refractivity contribution >= 4 is 6.03 Å². The van der Waals surface area contributed by atoms with Gasteiger partial charge < -0.3 is 15.3 Å². The first kappa shape index (κ1) is 17.6. The van der Waals surface area contributed by atoms with E-state index in [2.05, 4.69) is 10.4 Å². The fourth-order valence-electron chi connectivity index (χ4n) is 2.88. The predicted molar refractivity (Wildman–Crippen MR) is 76.4 cm³/mol. The number of hydrogen-bond donors (Lipinski definition) is 2. The maximum Gasteiger partial charge on any atom is 0.435 e. The molecule has 1 fully saturated rings. The Morgan fingerprint density at radius 1 is 1.52 bits per heavy atom. The molecule has 23 heavy (non-hydrogen) atoms. The summed E-state index contributed by atoms with van der Waals surface area (Å²) in [5.74, 6) is 0.0230. The molecule has 1 aromatic rings. The maximum absolute atomic E-state index is 12.8. The van der Waals surface area contributed by atoms with E-state index < -0.39 is 24.0 Å². The molecule has 2 unspecified atom stereocenters. The minimum atomic E-state index is -4.55. The zero-order chi connectivity index (χ0) is 17.2. The minimum Gasteiger partial charge on any atom is -0.393 e. The number of aromatic nitrogens is 2. The number of aryl methyl sites for hydroxylation is 1. The highest BCUT2D eigenvalue weighted by Gasteiger charge is 2.37. The van der Waals surface area contributed by atoms with Crippen LogP contribution in [-0.4, -0.2) is 45.5 Å². The monoisotopic (exact) mass is 334 g/mol. The second kappa shape index (κ2) is 6.77. The molecule has 1 aromatic heterocycles. The van der Waals surface area contributed by atoms with Gasteiger partial charge in [0.2, 0.25) is 0 Å². The van der Waals surface area contributed by atoms with E-state index in [1.165, 1.54) is 18.1 Å². The lowest BCUT2D eigenvalue weighted by molar-refractivity contribution is -0.142. The van der Waals surface area contributed by atoms with Gasteiger partial charge in [-0.05, 0) is 12.8 Å². The number of nitrogens with zero attached hydrogens (tertiary/aromatic N) is 3. The van der Waals surface area contributed by atoms with Crippen LogP contribution in [0.5, 0.6) is 0 Å². The van der Waals surface area contributed by atoms with Crippen molar-refractivity contribution in [2.24, 2.45) is 13.0 Å². The summed E-state index contributed by atoms with van der Waals surface area (Å²) in [7, 11) is 2.96. The molecule has 0 aliphatic heterocycles. The van der Waals surface area contributed by atoms with Gasteiger partial charge in [-0.3, -0.25) is 4.68 Å². The van der Waals surface area contributed by atoms with Crippen LogP contribution in [0, 0.1) is 5.92 Å². The molecule has 0 saturated heterocycles. The van der Waals surface area contributed by atoms with Crippen molar-refractivity contribution < 1.29 is 23.1 Å². The molecule has 2 rings (SSSR count). The number of halogens is 3. The van der Waals surface area contributed by atoms with Crippen molar-refractivity contribution in [2.75, 3.05) is 13.6 Å². The minimum absolute atomic E-state index is 0.0230. The van der Waals surface area contributed by atoms with Gasteiger partial charge in [0.1, 0.15) is 0 Å². The standard InChI is InChI=1S/C14H21F3N4O2/c1-20(7-9-4-3-5-11(9)22)13(23)18-6-10-8-21(2)19-12(10)14(15,16)17/h8-9,11,22H,3-7H2,1-2H3,(H,18,23). The predicted octanol–water partition coefficient (Wildman–Crippen LogP) is 1.74. The van der Waals surface area contributed by atoms with Crippen LogP contribution in [0.4, 0.5) is 18.0 Å². The molecule has 0 radical (unpaired) electrons. The highest BCUT2D eigenvalue weighted by atomic mass is 19.4. The molecule has 2 atom stereocenters. The number of amides is 2. The van der Waals surface area contributed by atoms with Crippen molar-refractivity contribution in [3.05, 3.63) is 17.5 Å². The molecule has 0 spiro atoms. The van der Waals surface area contributed by atoms with Crippen molar-refractivity contribution in [3.8, 4) is 0 Å². The van der Waals surface area contributed by atoms with E-state index in [-0.39, 0.29) is 18.0 Å². The Morgan fingerprint density at radius 2 is 2.22 bits per heavy atom. The number of aliphatic hydroxyl groups excluding tert-OH is 1. The number of rotatable bonds is 4. The lowest BCUT2D eigenvalue weighted by atomic mass is 10.1. The number of carbonyl (C=O) groups excluding carboxylic acids is 1. The number of urea groups is 1. The Kier molecular flexibility index (Phi) is 5.18. The fraction of sp³-hybridized carbons (Fsp3) is 0.714. The molecule has 1 aliphatic carbocycles. The largest absolute Gasteiger partial charge is 0.435 e. The molecule has 6 nitrogen and oxygen atoms in total. The quantitative estimate of drug-likeness (QED) is 0.881. The summed E-state index contributed by atoms with van der Waals surface area (Å²) >= 11 is 0. The normalized spacial score (nSPS) is 21.5. The van der Waals surface area contributed by atoms with Crippen LogP contribution in [0.3, 0.4) is 0 Å². The molecule has 1 saturated carbocycles. The highest BCUT2D eigenvalue weighted by Crippen LogP contribution is 2.30. The zero-order valence-corrected chi connectivity index (χ0v) is 13.1. The summed E-state index contributed by atoms with van der Waals surface area (Å²) in [5.41, 5.74) is -1.07. The van der Waals surface area contributed by atoms with Crippen LogP contribution in [-0.2, 0) is 19.8 Å². The van der Waals surface area contributed by atoms with Crippen LogP contribution >= 0.6 is 0 Å². The Hall–Kier alpha value is -1.77. The van der Waals surface area contributed by atoms with Gasteiger partial charge in [-0.2, -0.15) is 18.3 Å². The molecular weight excluding hydrogens is 313 g/mol. The third-order valence-corrected chi connectivity index (χ3v) is 4.08. The fourth-order valence-corrected chi connectivity index (χ4v) is 2.88. The van der Waals surface area contributed by atoms with E-state index in [9.17, 15) is 23.1 Å². The summed E-state index contributed by atoms with van der Waals surface area (Å²) in [4.78, 5) is 13.4. The first-order valence-corrected chi connectivity index (χ1v) is 7.45. The Labute approximate surface area is 132 Å². The molecule has 2 N–H and O–H groups in total. The van der Waals surface area contributed by atoms with Crippen molar-refractivity contribution in [3.63, 3.8) is 0 Å². The summed E-state index contributed by atoms with van der Waals surface area (Å²) in [6, 6.07) is -0.471. The van der Waals surface area contributed by atoms with E-state index in [1.54, 1.807) is 7.05 Å². The van der Waals surface area contributed by atoms with Gasteiger partial charge in [-0.25, -0.2) is 4.79 Å². The van der Waals surface area contributed by atoms with Crippen LogP contribution in [0.25, 0.3) is 0 Å². The average molecular weight is 334 g/mol. The van der Waals surface area contributed by atoms with Gasteiger partial charge in [0.25, 0.3) is 0 Å². The molecule has 2 amide bonds. The van der Waals surface area contributed by atoms with Crippen LogP contribution in [0.2, 0.25) is 0 Å². The summed E-state index contributed by atoms with van der Waals surface area (Å²) in [6.07, 6.45) is -1.23. The van der Waals surface area contributed by atoms with Gasteiger partial charge in [-0.1, -0.05) is 6.42 Å². The van der Waals surface area contributed by atoms with Gasteiger partial charge >= 0.3 is 12.2 Å². The molecule has 9 heteroatoms. The SMILES string of the molecule is CN(CC1CCCC1O)C(=O)NCc1cn(C)nc1C(F)(F)F. The third kappa shape index (κ3) is 4.37. The Morgan fingerprint density at radius 3 is 2.78 bits per heavy atom. The molecule has 1 aliphatic rings. The van der Waals surface area contributed by atoms with Gasteiger partial charge in [0.15, 0.2) is 5.69 Å². The van der Waals surface area contributed by atoms with Crippen molar-refractivity contribution in [2.45, 2.75) is 38.1 Å². The molecule has 0 bridgehead atoms. The maximum atomic E-state index is 12.8. The Balaban J connectivity index is 1.91. The van der Waals surface area contributed by atoms with E-state index in [0.29, 0.717) is 6.54 Å². The third-order valence-electron chi connectivity index (χ3n) is 4.08. The van der Waals surface area contributed by atoms with Crippen LogP contribution in [0.15, 0.2) is 6.20 Å². The first-order valence-electron chi connectivity index (χ1n) is 7.45. The lowest BCUT2D eigenvalue weighted by Gasteiger charge is -2.23. The second-order valence-corrected chi connectivity index (χ2v) is 5.97. The van der Waals surface area contributed by atoms with Gasteiger partial charge in [-0.15, -0.1) is 0 Å². The molecular formula is C14H21F3N4O2. The number of carbonyl (C=O) groups is 1. The van der Waals surface area contributed by atoms with Crippen molar-refractivity contribution in [1.29, 1.82) is 0 Å². The van der Waals surface area contributed by atoms with Crippen molar-refractivity contribution in [1.82, 2.24) is 20.0 Å². The number of hydrogen-bond acceptors (Lipinski definition) is 3. The van der Waals surface area contributed by atoms with E-state index in [1.807, 2.05) is 0 Å². The lowest BCUT2D eigenvalue weighted by Crippen LogP contribution is -2.41. The number of nitrogens with one attached hydrogen (secondary N) is 1. The zero-order valence-electron chi connectivity index (χ0n) is 13.1. The Bertz CT molecular complexity index is 559. The topological polar surface area (TPSA) is 70.4 Å². The van der Waals surface area contributed by atoms with E-state index in [0.717, 1.165) is 23.9 Å². The summed E-state index contributed by atoms with van der Waals surface area (Å²) < 4.78 is 39.6. The molecule has 0 aromatic carbocycles. The number of alkyl halides is 3. The van der Waals surface area contributed by atoms with E-state index >= 15 is 0 Å². The highest BCUT2D eigenvalue weighted by molar-refractivity contribution is 5.73. The average Bonchev–Trinajstić information content (AvgIpc) is 3.02. The number of aliphatic hydroxyl groups is 1. The summed E-state index contributed by atoms with van der Waals surface area (Å²) in [5, 5.41) is 15.6. The molecule has 130 valence electrons. The first-order chi connectivity index (χ1) is 10.7.